The van der Waals surface area contributed by atoms with Gasteiger partial charge in [0.15, 0.2) is 9.84 Å². The highest BCUT2D eigenvalue weighted by Crippen LogP contribution is 2.35. The van der Waals surface area contributed by atoms with Gasteiger partial charge in [-0.2, -0.15) is 0 Å². The van der Waals surface area contributed by atoms with Gasteiger partial charge in [0.1, 0.15) is 5.75 Å². The van der Waals surface area contributed by atoms with Crippen LogP contribution in [0.5, 0.6) is 5.75 Å². The Morgan fingerprint density at radius 2 is 1.76 bits per heavy atom. The van der Waals surface area contributed by atoms with Gasteiger partial charge in [-0.3, -0.25) is 0 Å². The Labute approximate surface area is 97.2 Å². The summed E-state index contributed by atoms with van der Waals surface area (Å²) in [5.41, 5.74) is -0.163. The minimum Gasteiger partial charge on any atom is -0.507 e. The number of rotatable bonds is 2. The number of carboxylic acids is 1. The zero-order valence-electron chi connectivity index (χ0n) is 8.49. The fourth-order valence-corrected chi connectivity index (χ4v) is 2.77. The van der Waals surface area contributed by atoms with Gasteiger partial charge < -0.3 is 10.2 Å². The molecule has 88 valence electrons. The molecule has 17 heavy (non-hydrogen) atoms. The minimum atomic E-state index is -3.67. The Hall–Kier alpha value is -2.08. The summed E-state index contributed by atoms with van der Waals surface area (Å²) in [6.45, 7) is 0. The largest absolute Gasteiger partial charge is 0.507 e. The van der Waals surface area contributed by atoms with E-state index in [0.29, 0.717) is 5.41 Å². The molecule has 0 unspecified atom stereocenters. The van der Waals surface area contributed by atoms with Crippen molar-refractivity contribution in [3.8, 4) is 5.75 Å². The summed E-state index contributed by atoms with van der Waals surface area (Å²) in [4.78, 5) is 10.9. The molecule has 0 saturated carbocycles. The fraction of sp³-hybridized carbons (Fsp3) is 0. The van der Waals surface area contributed by atoms with E-state index in [2.05, 4.69) is 0 Å². The smallest absolute Gasteiger partial charge is 0.337 e. The molecule has 1 aliphatic rings. The molecule has 0 aromatic heterocycles. The summed E-state index contributed by atoms with van der Waals surface area (Å²) in [6, 6.07) is 5.96. The van der Waals surface area contributed by atoms with Gasteiger partial charge in [-0.1, -0.05) is 18.2 Å². The van der Waals surface area contributed by atoms with Crippen molar-refractivity contribution in [3.05, 3.63) is 46.2 Å². The molecule has 0 radical (unpaired) electrons. The first-order valence-electron chi connectivity index (χ1n) is 4.61. The molecule has 2 rings (SSSR count). The monoisotopic (exact) mass is 252 g/mol. The Bertz CT molecular complexity index is 652. The van der Waals surface area contributed by atoms with Crippen LogP contribution in [-0.4, -0.2) is 24.6 Å². The zero-order valence-corrected chi connectivity index (χ0v) is 9.31. The molecule has 0 aliphatic carbocycles. The number of phenols is 1. The van der Waals surface area contributed by atoms with E-state index >= 15 is 0 Å². The van der Waals surface area contributed by atoms with E-state index in [9.17, 15) is 18.3 Å². The second-order valence-electron chi connectivity index (χ2n) is 3.47. The van der Waals surface area contributed by atoms with Crippen molar-refractivity contribution < 1.29 is 23.4 Å². The van der Waals surface area contributed by atoms with Crippen LogP contribution in [-0.2, 0) is 14.6 Å². The molecular weight excluding hydrogens is 244 g/mol. The van der Waals surface area contributed by atoms with E-state index in [0.717, 1.165) is 5.41 Å². The van der Waals surface area contributed by atoms with Crippen LogP contribution in [0.1, 0.15) is 5.56 Å². The van der Waals surface area contributed by atoms with Gasteiger partial charge in [-0.15, -0.1) is 0 Å². The third kappa shape index (κ3) is 2.07. The third-order valence-electron chi connectivity index (χ3n) is 2.28. The quantitative estimate of drug-likeness (QED) is 0.823. The normalized spacial score (nSPS) is 17.4. The zero-order chi connectivity index (χ0) is 12.6. The van der Waals surface area contributed by atoms with Crippen LogP contribution < -0.4 is 0 Å². The van der Waals surface area contributed by atoms with Crippen LogP contribution in [0.15, 0.2) is 40.7 Å². The molecule has 0 bridgehead atoms. The summed E-state index contributed by atoms with van der Waals surface area (Å²) in [5.74, 6) is -1.51. The van der Waals surface area contributed by atoms with Gasteiger partial charge in [0.2, 0.25) is 0 Å². The molecule has 6 heteroatoms. The molecule has 1 aromatic rings. The second kappa shape index (κ2) is 3.74. The number of aromatic hydroxyl groups is 1. The Balaban J connectivity index is 2.65. The lowest BCUT2D eigenvalue weighted by Crippen LogP contribution is -2.01. The van der Waals surface area contributed by atoms with Crippen LogP contribution in [0.2, 0.25) is 0 Å². The molecule has 0 fully saturated rings. The number of aliphatic carboxylic acids is 1. The van der Waals surface area contributed by atoms with Gasteiger partial charge in [0.05, 0.1) is 11.0 Å². The molecule has 1 aliphatic heterocycles. The highest BCUT2D eigenvalue weighted by Gasteiger charge is 2.27. The lowest BCUT2D eigenvalue weighted by Gasteiger charge is -2.05. The van der Waals surface area contributed by atoms with Gasteiger partial charge in [-0.05, 0) is 6.07 Å². The molecular formula is C11H8O5S. The van der Waals surface area contributed by atoms with Gasteiger partial charge in [0.25, 0.3) is 0 Å². The van der Waals surface area contributed by atoms with E-state index in [1.807, 2.05) is 0 Å². The van der Waals surface area contributed by atoms with Crippen molar-refractivity contribution in [1.29, 1.82) is 0 Å². The predicted octanol–water partition coefficient (Wildman–Crippen LogP) is 1.13. The highest BCUT2D eigenvalue weighted by molar-refractivity contribution is 7.97. The number of hydrogen-bond donors (Lipinski definition) is 2. The van der Waals surface area contributed by atoms with Gasteiger partial charge >= 0.3 is 5.97 Å². The van der Waals surface area contributed by atoms with Gasteiger partial charge in [-0.25, -0.2) is 13.2 Å². The summed E-state index contributed by atoms with van der Waals surface area (Å²) in [7, 11) is -3.67. The number of carbonyl (C=O) groups is 1. The third-order valence-corrected chi connectivity index (χ3v) is 3.41. The molecule has 2 N–H and O–H groups in total. The van der Waals surface area contributed by atoms with E-state index in [1.54, 1.807) is 12.1 Å². The second-order valence-corrected chi connectivity index (χ2v) is 5.12. The van der Waals surface area contributed by atoms with Crippen molar-refractivity contribution in [2.45, 2.75) is 0 Å². The van der Waals surface area contributed by atoms with Crippen molar-refractivity contribution in [3.63, 3.8) is 0 Å². The van der Waals surface area contributed by atoms with E-state index in [-0.39, 0.29) is 22.5 Å². The summed E-state index contributed by atoms with van der Waals surface area (Å²) in [5, 5.41) is 20.0. The number of phenolic OH excluding ortho intramolecular Hbond substituents is 1. The maximum atomic E-state index is 11.3. The molecule has 0 amide bonds. The first kappa shape index (κ1) is 11.4. The van der Waals surface area contributed by atoms with E-state index in [1.165, 1.54) is 12.1 Å². The van der Waals surface area contributed by atoms with Crippen LogP contribution in [0.3, 0.4) is 0 Å². The lowest BCUT2D eigenvalue weighted by molar-refractivity contribution is -0.132. The maximum Gasteiger partial charge on any atom is 0.337 e. The summed E-state index contributed by atoms with van der Waals surface area (Å²) >= 11 is 0. The van der Waals surface area contributed by atoms with E-state index in [4.69, 9.17) is 5.11 Å². The van der Waals surface area contributed by atoms with Crippen molar-refractivity contribution in [1.82, 2.24) is 0 Å². The average molecular weight is 252 g/mol. The first-order valence-corrected chi connectivity index (χ1v) is 6.22. The fourth-order valence-electron chi connectivity index (χ4n) is 1.57. The number of benzene rings is 1. The van der Waals surface area contributed by atoms with Crippen LogP contribution in [0, 0.1) is 0 Å². The Kier molecular flexibility index (Phi) is 2.51. The number of sulfone groups is 1. The summed E-state index contributed by atoms with van der Waals surface area (Å²) < 4.78 is 22.7. The van der Waals surface area contributed by atoms with Crippen LogP contribution in [0.4, 0.5) is 0 Å². The topological polar surface area (TPSA) is 91.7 Å². The van der Waals surface area contributed by atoms with Crippen molar-refractivity contribution in [2.75, 3.05) is 0 Å². The molecule has 1 aromatic carbocycles. The molecule has 0 saturated heterocycles. The highest BCUT2D eigenvalue weighted by atomic mass is 32.2. The minimum absolute atomic E-state index is 0.00407. The van der Waals surface area contributed by atoms with Gasteiger partial charge in [0, 0.05) is 16.5 Å². The van der Waals surface area contributed by atoms with Crippen molar-refractivity contribution in [2.24, 2.45) is 0 Å². The number of hydrogen-bond acceptors (Lipinski definition) is 4. The first-order chi connectivity index (χ1) is 7.91. The Morgan fingerprint density at radius 3 is 2.35 bits per heavy atom. The maximum absolute atomic E-state index is 11.3. The lowest BCUT2D eigenvalue weighted by atomic mass is 10.0. The Morgan fingerprint density at radius 1 is 1.12 bits per heavy atom. The summed E-state index contributed by atoms with van der Waals surface area (Å²) in [6.07, 6.45) is 0. The average Bonchev–Trinajstić information content (AvgIpc) is 2.55. The van der Waals surface area contributed by atoms with E-state index < -0.39 is 15.8 Å². The molecule has 5 nitrogen and oxygen atoms in total. The predicted molar refractivity (Wildman–Crippen MR) is 60.7 cm³/mol. The molecule has 1 heterocycles. The standard InChI is InChI=1S/C11H8O5S/c12-10-4-2-1-3-7(10)8-5-17(15,16)6-9(8)11(13)14/h1-6,12H,(H,13,14). The SMILES string of the molecule is O=C(O)C1=CS(=O)(=O)C=C1c1ccccc1O. The molecule has 0 atom stereocenters. The van der Waals surface area contributed by atoms with Crippen LogP contribution in [0.25, 0.3) is 5.57 Å². The molecule has 0 spiro atoms. The number of carboxylic acid groups (broad SMARTS) is 1. The van der Waals surface area contributed by atoms with Crippen LogP contribution >= 0.6 is 0 Å². The number of para-hydroxylation sites is 1. The van der Waals surface area contributed by atoms with Crippen molar-refractivity contribution >= 4 is 21.4 Å².